The van der Waals surface area contributed by atoms with Gasteiger partial charge in [-0.2, -0.15) is 11.8 Å². The Balaban J connectivity index is 1.23. The lowest BCUT2D eigenvalue weighted by Gasteiger charge is -2.50. The first-order chi connectivity index (χ1) is 17.4. The van der Waals surface area contributed by atoms with Crippen molar-refractivity contribution in [2.24, 2.45) is 53.3 Å². The van der Waals surface area contributed by atoms with Gasteiger partial charge in [-0.15, -0.1) is 0 Å². The average Bonchev–Trinajstić information content (AvgIpc) is 3.60. The van der Waals surface area contributed by atoms with Crippen LogP contribution in [0.4, 0.5) is 0 Å². The number of benzene rings is 1. The summed E-state index contributed by atoms with van der Waals surface area (Å²) in [6.45, 7) is 14.0. The minimum atomic E-state index is -1.46. The van der Waals surface area contributed by atoms with Gasteiger partial charge in [0.2, 0.25) is 0 Å². The Kier molecular flexibility index (Phi) is 6.32. The van der Waals surface area contributed by atoms with Crippen molar-refractivity contribution in [3.63, 3.8) is 0 Å². The normalized spacial score (nSPS) is 52.0. The second-order valence-electron chi connectivity index (χ2n) is 15.3. The maximum absolute atomic E-state index is 2.92. The van der Waals surface area contributed by atoms with Gasteiger partial charge in [-0.3, -0.25) is 0 Å². The molecule has 0 N–H and O–H groups in total. The van der Waals surface area contributed by atoms with Crippen molar-refractivity contribution < 1.29 is 0 Å². The number of fused-ring (bicyclic) bond motifs is 5. The molecule has 1 aromatic rings. The third-order valence-electron chi connectivity index (χ3n) is 13.7. The fourth-order valence-corrected chi connectivity index (χ4v) is 22.5. The van der Waals surface area contributed by atoms with Gasteiger partial charge in [0.15, 0.2) is 0 Å². The predicted octanol–water partition coefficient (Wildman–Crippen LogP) is 9.89. The van der Waals surface area contributed by atoms with E-state index in [-0.39, 0.29) is 0 Å². The summed E-state index contributed by atoms with van der Waals surface area (Å²) >= 11 is 2.54. The number of hydrogen-bond donors (Lipinski definition) is 0. The topological polar surface area (TPSA) is 0 Å². The summed E-state index contributed by atoms with van der Waals surface area (Å²) in [5, 5.41) is 2.02. The third-order valence-corrected chi connectivity index (χ3v) is 21.1. The summed E-state index contributed by atoms with van der Waals surface area (Å²) in [5.74, 6) is 9.79. The van der Waals surface area contributed by atoms with Gasteiger partial charge in [0.1, 0.15) is 0 Å². The molecule has 14 unspecified atom stereocenters. The lowest BCUT2D eigenvalue weighted by atomic mass is 9.62. The van der Waals surface area contributed by atoms with Crippen molar-refractivity contribution in [3.05, 3.63) is 35.9 Å². The van der Waals surface area contributed by atoms with Crippen LogP contribution >= 0.6 is 11.8 Å². The average molecular weight is 521 g/mol. The molecule has 2 heteroatoms. The van der Waals surface area contributed by atoms with Crippen LogP contribution in [-0.4, -0.2) is 18.6 Å². The van der Waals surface area contributed by atoms with Crippen LogP contribution in [0.2, 0.25) is 24.2 Å². The largest absolute Gasteiger partial charge is 0.155 e. The molecule has 1 aromatic carbocycles. The van der Waals surface area contributed by atoms with Gasteiger partial charge >= 0.3 is 0 Å². The van der Waals surface area contributed by atoms with Crippen LogP contribution in [0.3, 0.4) is 0 Å². The van der Waals surface area contributed by atoms with E-state index >= 15 is 0 Å². The fraction of sp³-hybridized carbons (Fsp3) is 0.824. The van der Waals surface area contributed by atoms with Crippen LogP contribution in [0.15, 0.2) is 30.3 Å². The summed E-state index contributed by atoms with van der Waals surface area (Å²) in [6, 6.07) is 11.9. The highest BCUT2D eigenvalue weighted by molar-refractivity contribution is 8.01. The SMILES string of the molecule is CC1CC2C(CC3CCCC3C2c2ccccc2)C1[Si](C)(C)C1C(C)C(C)C2C3CCCCC3SC21. The Morgan fingerprint density at radius 1 is 0.722 bits per heavy atom. The zero-order valence-electron chi connectivity index (χ0n) is 23.7. The first kappa shape index (κ1) is 24.8. The van der Waals surface area contributed by atoms with Gasteiger partial charge < -0.3 is 0 Å². The van der Waals surface area contributed by atoms with E-state index in [1.807, 2.05) is 0 Å². The van der Waals surface area contributed by atoms with Gasteiger partial charge in [-0.1, -0.05) is 89.9 Å². The number of rotatable bonds is 3. The van der Waals surface area contributed by atoms with Crippen LogP contribution in [-0.2, 0) is 0 Å². The Hall–Kier alpha value is -0.213. The van der Waals surface area contributed by atoms with E-state index in [0.29, 0.717) is 0 Å². The Bertz CT molecular complexity index is 942. The van der Waals surface area contributed by atoms with Gasteiger partial charge in [0, 0.05) is 10.5 Å². The molecule has 0 spiro atoms. The molecular weight excluding hydrogens is 469 g/mol. The summed E-state index contributed by atoms with van der Waals surface area (Å²) < 4.78 is 0. The maximum Gasteiger partial charge on any atom is 0.0555 e. The summed E-state index contributed by atoms with van der Waals surface area (Å²) in [4.78, 5) is 0. The van der Waals surface area contributed by atoms with E-state index in [9.17, 15) is 0 Å². The Labute approximate surface area is 227 Å². The molecule has 5 saturated carbocycles. The first-order valence-electron chi connectivity index (χ1n) is 16.1. The van der Waals surface area contributed by atoms with Crippen LogP contribution in [0.25, 0.3) is 0 Å². The van der Waals surface area contributed by atoms with Crippen LogP contribution in [0.1, 0.15) is 90.0 Å². The van der Waals surface area contributed by atoms with Gasteiger partial charge in [-0.25, -0.2) is 0 Å². The molecule has 0 radical (unpaired) electrons. The van der Waals surface area contributed by atoms with E-state index in [1.165, 1.54) is 44.9 Å². The van der Waals surface area contributed by atoms with Crippen LogP contribution in [0, 0.1) is 53.3 Å². The minimum Gasteiger partial charge on any atom is -0.155 e. The molecule has 6 fully saturated rings. The standard InChI is InChI=1S/C34H52SSi/c1-20-18-27-28(19-24-14-11-16-25(24)31(27)23-12-7-6-8-13-23)33(20)36(4,5)34-22(3)21(2)30-26-15-9-10-17-29(26)35-32(30)34/h6-8,12-13,20-22,24-34H,9-11,14-19H2,1-5H3. The van der Waals surface area contributed by atoms with Gasteiger partial charge in [0.05, 0.1) is 8.07 Å². The van der Waals surface area contributed by atoms with Gasteiger partial charge in [0.25, 0.3) is 0 Å². The second-order valence-corrected chi connectivity index (χ2v) is 21.7. The molecular formula is C34H52SSi. The van der Waals surface area contributed by atoms with Crippen molar-refractivity contribution in [1.82, 2.24) is 0 Å². The van der Waals surface area contributed by atoms with Crippen molar-refractivity contribution in [1.29, 1.82) is 0 Å². The fourth-order valence-electron chi connectivity index (χ4n) is 12.7. The highest BCUT2D eigenvalue weighted by Crippen LogP contribution is 2.71. The van der Waals surface area contributed by atoms with E-state index in [2.05, 4.69) is 76.0 Å². The molecule has 5 aliphatic carbocycles. The smallest absolute Gasteiger partial charge is 0.0555 e. The molecule has 1 heterocycles. The molecule has 14 atom stereocenters. The van der Waals surface area contributed by atoms with Crippen LogP contribution in [0.5, 0.6) is 0 Å². The molecule has 0 aromatic heterocycles. The van der Waals surface area contributed by atoms with E-state index < -0.39 is 8.07 Å². The zero-order valence-corrected chi connectivity index (χ0v) is 25.6. The summed E-state index contributed by atoms with van der Waals surface area (Å²) in [7, 11) is -1.46. The monoisotopic (exact) mass is 520 g/mol. The molecule has 7 rings (SSSR count). The third kappa shape index (κ3) is 3.58. The van der Waals surface area contributed by atoms with Crippen molar-refractivity contribution in [2.45, 2.75) is 119 Å². The minimum absolute atomic E-state index is 0.853. The lowest BCUT2D eigenvalue weighted by Crippen LogP contribution is -2.48. The molecule has 6 aliphatic rings. The number of hydrogen-bond acceptors (Lipinski definition) is 1. The highest BCUT2D eigenvalue weighted by atomic mass is 32.2. The molecule has 36 heavy (non-hydrogen) atoms. The summed E-state index contributed by atoms with van der Waals surface area (Å²) in [5.41, 5.74) is 3.81. The van der Waals surface area contributed by atoms with Crippen molar-refractivity contribution >= 4 is 19.8 Å². The van der Waals surface area contributed by atoms with E-state index in [0.717, 1.165) is 80.8 Å². The molecule has 0 nitrogen and oxygen atoms in total. The number of thioether (sulfide) groups is 1. The predicted molar refractivity (Wildman–Crippen MR) is 159 cm³/mol. The van der Waals surface area contributed by atoms with Gasteiger partial charge in [-0.05, 0) is 108 Å². The maximum atomic E-state index is 2.92. The summed E-state index contributed by atoms with van der Waals surface area (Å²) in [6.07, 6.45) is 13.8. The van der Waals surface area contributed by atoms with E-state index in [1.54, 1.807) is 18.4 Å². The quantitative estimate of drug-likeness (QED) is 0.357. The lowest BCUT2D eigenvalue weighted by molar-refractivity contribution is 0.121. The Morgan fingerprint density at radius 2 is 1.47 bits per heavy atom. The van der Waals surface area contributed by atoms with Crippen molar-refractivity contribution in [3.8, 4) is 0 Å². The molecule has 0 bridgehead atoms. The van der Waals surface area contributed by atoms with Crippen molar-refractivity contribution in [2.75, 3.05) is 0 Å². The molecule has 1 aliphatic heterocycles. The molecule has 198 valence electrons. The first-order valence-corrected chi connectivity index (χ1v) is 20.2. The second kappa shape index (κ2) is 9.18. The van der Waals surface area contributed by atoms with Crippen LogP contribution < -0.4 is 0 Å². The highest BCUT2D eigenvalue weighted by Gasteiger charge is 2.65. The molecule has 0 amide bonds. The van der Waals surface area contributed by atoms with E-state index in [4.69, 9.17) is 0 Å². The molecule has 1 saturated heterocycles. The Morgan fingerprint density at radius 3 is 2.28 bits per heavy atom. The zero-order chi connectivity index (χ0) is 24.8.